The van der Waals surface area contributed by atoms with Crippen LogP contribution in [0.5, 0.6) is 0 Å². The minimum atomic E-state index is -0.619. The Bertz CT molecular complexity index is 370. The first-order chi connectivity index (χ1) is 9.12. The number of thioether (sulfide) groups is 1. The van der Waals surface area contributed by atoms with Crippen LogP contribution in [0.2, 0.25) is 0 Å². The Kier molecular flexibility index (Phi) is 6.94. The van der Waals surface area contributed by atoms with E-state index in [1.807, 2.05) is 13.8 Å². The highest BCUT2D eigenvalue weighted by Crippen LogP contribution is 2.20. The molecule has 19 heavy (non-hydrogen) atoms. The highest BCUT2D eigenvalue weighted by Gasteiger charge is 2.33. The van der Waals surface area contributed by atoms with Crippen LogP contribution in [0.1, 0.15) is 33.6 Å². The van der Waals surface area contributed by atoms with E-state index in [0.29, 0.717) is 13.0 Å². The molecule has 0 saturated heterocycles. The van der Waals surface area contributed by atoms with E-state index in [1.54, 1.807) is 24.2 Å². The Morgan fingerprint density at radius 3 is 2.95 bits per heavy atom. The second kappa shape index (κ2) is 8.22. The van der Waals surface area contributed by atoms with Gasteiger partial charge in [-0.1, -0.05) is 18.7 Å². The molecule has 0 amide bonds. The standard InChI is InChI=1S/C13H23N3O2S/c1-4-7-16-13(3,11(17)18-5-2)6-10-19-12-14-8-9-15-12/h8-9,16H,4-7,10H2,1-3H3,(H,14,15). The Balaban J connectivity index is 2.50. The van der Waals surface area contributed by atoms with E-state index in [1.165, 1.54) is 0 Å². The van der Waals surface area contributed by atoms with Crippen molar-refractivity contribution in [2.75, 3.05) is 18.9 Å². The van der Waals surface area contributed by atoms with Gasteiger partial charge in [0.25, 0.3) is 0 Å². The Hall–Kier alpha value is -1.01. The quantitative estimate of drug-likeness (QED) is 0.538. The molecule has 1 rings (SSSR count). The summed E-state index contributed by atoms with van der Waals surface area (Å²) in [6.45, 7) is 7.03. The van der Waals surface area contributed by atoms with Crippen molar-refractivity contribution in [3.05, 3.63) is 12.4 Å². The summed E-state index contributed by atoms with van der Waals surface area (Å²) in [6, 6.07) is 0. The van der Waals surface area contributed by atoms with Crippen LogP contribution in [-0.2, 0) is 9.53 Å². The van der Waals surface area contributed by atoms with Gasteiger partial charge in [-0.15, -0.1) is 0 Å². The molecule has 0 bridgehead atoms. The van der Waals surface area contributed by atoms with Crippen molar-refractivity contribution >= 4 is 17.7 Å². The molecule has 0 aliphatic heterocycles. The van der Waals surface area contributed by atoms with Crippen LogP contribution in [0.15, 0.2) is 17.6 Å². The van der Waals surface area contributed by atoms with Gasteiger partial charge in [0, 0.05) is 18.1 Å². The van der Waals surface area contributed by atoms with Crippen LogP contribution in [-0.4, -0.2) is 40.4 Å². The minimum absolute atomic E-state index is 0.177. The first-order valence-corrected chi connectivity index (χ1v) is 7.65. The summed E-state index contributed by atoms with van der Waals surface area (Å²) in [5, 5.41) is 4.17. The van der Waals surface area contributed by atoms with E-state index in [0.717, 1.165) is 23.9 Å². The normalized spacial score (nSPS) is 14.1. The smallest absolute Gasteiger partial charge is 0.326 e. The monoisotopic (exact) mass is 285 g/mol. The van der Waals surface area contributed by atoms with Gasteiger partial charge in [0.05, 0.1) is 6.61 Å². The molecule has 1 aromatic rings. The van der Waals surface area contributed by atoms with E-state index in [-0.39, 0.29) is 5.97 Å². The summed E-state index contributed by atoms with van der Waals surface area (Å²) in [7, 11) is 0. The van der Waals surface area contributed by atoms with Gasteiger partial charge in [-0.25, -0.2) is 4.98 Å². The van der Waals surface area contributed by atoms with Gasteiger partial charge < -0.3 is 15.0 Å². The first kappa shape index (κ1) is 16.0. The molecule has 108 valence electrons. The Morgan fingerprint density at radius 2 is 2.37 bits per heavy atom. The predicted octanol–water partition coefficient (Wildman–Crippen LogP) is 2.21. The lowest BCUT2D eigenvalue weighted by Gasteiger charge is -2.28. The van der Waals surface area contributed by atoms with Crippen molar-refractivity contribution in [1.29, 1.82) is 0 Å². The Labute approximate surface area is 118 Å². The van der Waals surface area contributed by atoms with E-state index < -0.39 is 5.54 Å². The number of nitrogens with zero attached hydrogens (tertiary/aromatic N) is 1. The summed E-state index contributed by atoms with van der Waals surface area (Å²) >= 11 is 1.61. The zero-order valence-electron chi connectivity index (χ0n) is 11.9. The van der Waals surface area contributed by atoms with Gasteiger partial charge in [0.15, 0.2) is 5.16 Å². The third-order valence-electron chi connectivity index (χ3n) is 2.81. The molecule has 1 unspecified atom stereocenters. The molecule has 1 aromatic heterocycles. The number of carbonyl (C=O) groups is 1. The summed E-state index contributed by atoms with van der Waals surface area (Å²) < 4.78 is 5.16. The van der Waals surface area contributed by atoms with E-state index >= 15 is 0 Å². The molecule has 2 N–H and O–H groups in total. The predicted molar refractivity (Wildman–Crippen MR) is 77.3 cm³/mol. The van der Waals surface area contributed by atoms with Crippen molar-refractivity contribution in [2.24, 2.45) is 0 Å². The van der Waals surface area contributed by atoms with Gasteiger partial charge in [-0.2, -0.15) is 0 Å². The van der Waals surface area contributed by atoms with Crippen molar-refractivity contribution in [3.8, 4) is 0 Å². The van der Waals surface area contributed by atoms with E-state index in [9.17, 15) is 4.79 Å². The van der Waals surface area contributed by atoms with Crippen LogP contribution >= 0.6 is 11.8 Å². The maximum atomic E-state index is 12.0. The largest absolute Gasteiger partial charge is 0.465 e. The lowest BCUT2D eigenvalue weighted by atomic mass is 9.99. The number of nitrogens with one attached hydrogen (secondary N) is 2. The van der Waals surface area contributed by atoms with Crippen LogP contribution in [0, 0.1) is 0 Å². The molecule has 5 nitrogen and oxygen atoms in total. The first-order valence-electron chi connectivity index (χ1n) is 6.66. The molecule has 0 saturated carbocycles. The van der Waals surface area contributed by atoms with E-state index in [4.69, 9.17) is 4.74 Å². The summed E-state index contributed by atoms with van der Waals surface area (Å²) in [4.78, 5) is 19.2. The lowest BCUT2D eigenvalue weighted by Crippen LogP contribution is -2.51. The molecule has 0 fully saturated rings. The van der Waals surface area contributed by atoms with Gasteiger partial charge in [-0.05, 0) is 33.2 Å². The molecule has 0 aliphatic carbocycles. The van der Waals surface area contributed by atoms with E-state index in [2.05, 4.69) is 22.2 Å². The fourth-order valence-electron chi connectivity index (χ4n) is 1.64. The average molecular weight is 285 g/mol. The zero-order valence-corrected chi connectivity index (χ0v) is 12.7. The number of rotatable bonds is 9. The molecule has 0 aromatic carbocycles. The van der Waals surface area contributed by atoms with Gasteiger partial charge in [0.1, 0.15) is 5.54 Å². The molecule has 1 heterocycles. The third-order valence-corrected chi connectivity index (χ3v) is 3.71. The van der Waals surface area contributed by atoms with Gasteiger partial charge in [-0.3, -0.25) is 4.79 Å². The van der Waals surface area contributed by atoms with Gasteiger partial charge in [0.2, 0.25) is 0 Å². The zero-order chi connectivity index (χ0) is 14.1. The SMILES string of the molecule is CCCNC(C)(CCSc1ncc[nH]1)C(=O)OCC. The van der Waals surface area contributed by atoms with Crippen molar-refractivity contribution in [3.63, 3.8) is 0 Å². The van der Waals surface area contributed by atoms with Crippen LogP contribution < -0.4 is 5.32 Å². The molecule has 0 aliphatic rings. The Morgan fingerprint density at radius 1 is 1.58 bits per heavy atom. The highest BCUT2D eigenvalue weighted by atomic mass is 32.2. The summed E-state index contributed by atoms with van der Waals surface area (Å²) in [5.74, 6) is 0.628. The topological polar surface area (TPSA) is 67.0 Å². The highest BCUT2D eigenvalue weighted by molar-refractivity contribution is 7.99. The number of H-pyrrole nitrogens is 1. The number of esters is 1. The molecule has 0 radical (unpaired) electrons. The average Bonchev–Trinajstić information content (AvgIpc) is 2.90. The van der Waals surface area contributed by atoms with Crippen LogP contribution in [0.25, 0.3) is 0 Å². The summed E-state index contributed by atoms with van der Waals surface area (Å²) in [5.41, 5.74) is -0.619. The molecular weight excluding hydrogens is 262 g/mol. The number of aromatic nitrogens is 2. The molecule has 0 spiro atoms. The molecule has 6 heteroatoms. The number of imidazole rings is 1. The van der Waals surface area contributed by atoms with Crippen LogP contribution in [0.3, 0.4) is 0 Å². The fraction of sp³-hybridized carbons (Fsp3) is 0.692. The van der Waals surface area contributed by atoms with Gasteiger partial charge >= 0.3 is 5.97 Å². The maximum absolute atomic E-state index is 12.0. The fourth-order valence-corrected chi connectivity index (χ4v) is 2.63. The minimum Gasteiger partial charge on any atom is -0.465 e. The van der Waals surface area contributed by atoms with Crippen molar-refractivity contribution in [1.82, 2.24) is 15.3 Å². The second-order valence-electron chi connectivity index (χ2n) is 4.47. The lowest BCUT2D eigenvalue weighted by molar-refractivity contribution is -0.150. The summed E-state index contributed by atoms with van der Waals surface area (Å²) in [6.07, 6.45) is 5.21. The van der Waals surface area contributed by atoms with Crippen LogP contribution in [0.4, 0.5) is 0 Å². The second-order valence-corrected chi connectivity index (χ2v) is 5.56. The molecule has 1 atom stereocenters. The number of hydrogen-bond acceptors (Lipinski definition) is 5. The number of ether oxygens (including phenoxy) is 1. The number of carbonyl (C=O) groups excluding carboxylic acids is 1. The van der Waals surface area contributed by atoms with Crippen molar-refractivity contribution < 1.29 is 9.53 Å². The molecular formula is C13H23N3O2S. The number of aromatic amines is 1. The van der Waals surface area contributed by atoms with Crippen molar-refractivity contribution in [2.45, 2.75) is 44.3 Å². The number of hydrogen-bond donors (Lipinski definition) is 2. The maximum Gasteiger partial charge on any atom is 0.326 e. The third kappa shape index (κ3) is 5.24.